The van der Waals surface area contributed by atoms with Gasteiger partial charge in [0.05, 0.1) is 0 Å². The van der Waals surface area contributed by atoms with E-state index in [1.807, 2.05) is 87.4 Å². The first-order valence-electron chi connectivity index (χ1n) is 13.9. The first-order chi connectivity index (χ1) is 18.5. The van der Waals surface area contributed by atoms with E-state index in [9.17, 15) is 9.59 Å². The zero-order valence-corrected chi connectivity index (χ0v) is 22.4. The van der Waals surface area contributed by atoms with Crippen LogP contribution in [0.4, 0.5) is 5.69 Å². The molecule has 2 amide bonds. The molecule has 0 atom stereocenters. The Hall–Kier alpha value is -3.80. The topological polar surface area (TPSA) is 58.7 Å². The molecule has 0 N–H and O–H groups in total. The SMILES string of the molecule is CC(C)CC(=O)N1CCCCCCCN(C(=O)c2oc3ccccc3c2-n2cccc2)Cc2ccccc21. The molecule has 1 aliphatic heterocycles. The molecule has 4 aromatic rings. The van der Waals surface area contributed by atoms with Crippen LogP contribution in [-0.4, -0.2) is 34.4 Å². The van der Waals surface area contributed by atoms with Gasteiger partial charge in [-0.05, 0) is 54.7 Å². The Balaban J connectivity index is 1.54. The summed E-state index contributed by atoms with van der Waals surface area (Å²) < 4.78 is 8.18. The summed E-state index contributed by atoms with van der Waals surface area (Å²) in [5.41, 5.74) is 3.35. The van der Waals surface area contributed by atoms with Crippen LogP contribution in [0.1, 0.15) is 68.5 Å². The molecule has 0 unspecified atom stereocenters. The van der Waals surface area contributed by atoms with Crippen LogP contribution in [0.5, 0.6) is 0 Å². The fourth-order valence-corrected chi connectivity index (χ4v) is 5.37. The van der Waals surface area contributed by atoms with E-state index in [1.165, 1.54) is 0 Å². The van der Waals surface area contributed by atoms with Crippen molar-refractivity contribution in [2.24, 2.45) is 5.92 Å². The molecular weight excluding hydrogens is 474 g/mol. The van der Waals surface area contributed by atoms with Crippen molar-refractivity contribution in [3.8, 4) is 5.69 Å². The summed E-state index contributed by atoms with van der Waals surface area (Å²) in [7, 11) is 0. The number of hydrogen-bond donors (Lipinski definition) is 0. The van der Waals surface area contributed by atoms with E-state index in [1.54, 1.807) is 0 Å². The van der Waals surface area contributed by atoms with Gasteiger partial charge in [0.15, 0.2) is 0 Å². The van der Waals surface area contributed by atoms with E-state index in [0.717, 1.165) is 54.4 Å². The predicted molar refractivity (Wildman–Crippen MR) is 152 cm³/mol. The van der Waals surface area contributed by atoms with Crippen LogP contribution in [0.25, 0.3) is 16.7 Å². The monoisotopic (exact) mass is 511 g/mol. The summed E-state index contributed by atoms with van der Waals surface area (Å²) in [5, 5.41) is 0.910. The molecule has 0 radical (unpaired) electrons. The van der Waals surface area contributed by atoms with Crippen LogP contribution in [0.15, 0.2) is 77.5 Å². The molecular formula is C32H37N3O3. The van der Waals surface area contributed by atoms with Crippen molar-refractivity contribution < 1.29 is 14.0 Å². The van der Waals surface area contributed by atoms with Gasteiger partial charge in [-0.3, -0.25) is 9.59 Å². The van der Waals surface area contributed by atoms with Gasteiger partial charge in [-0.1, -0.05) is 63.4 Å². The fraction of sp³-hybridized carbons (Fsp3) is 0.375. The number of nitrogens with zero attached hydrogens (tertiary/aromatic N) is 3. The Morgan fingerprint density at radius 2 is 1.53 bits per heavy atom. The van der Waals surface area contributed by atoms with Crippen molar-refractivity contribution in [1.29, 1.82) is 0 Å². The number of carbonyl (C=O) groups is 2. The molecule has 0 saturated carbocycles. The minimum atomic E-state index is -0.128. The highest BCUT2D eigenvalue weighted by molar-refractivity contribution is 6.03. The molecule has 0 saturated heterocycles. The molecule has 38 heavy (non-hydrogen) atoms. The summed E-state index contributed by atoms with van der Waals surface area (Å²) in [4.78, 5) is 31.4. The van der Waals surface area contributed by atoms with Gasteiger partial charge in [0, 0.05) is 49.5 Å². The number of furan rings is 1. The number of anilines is 1. The quantitative estimate of drug-likeness (QED) is 0.291. The average Bonchev–Trinajstić information content (AvgIpc) is 3.56. The molecule has 6 heteroatoms. The summed E-state index contributed by atoms with van der Waals surface area (Å²) in [6, 6.07) is 19.7. The maximum absolute atomic E-state index is 14.2. The van der Waals surface area contributed by atoms with Gasteiger partial charge in [-0.15, -0.1) is 0 Å². The van der Waals surface area contributed by atoms with Crippen molar-refractivity contribution in [3.05, 3.63) is 84.4 Å². The molecule has 1 aliphatic rings. The number of aromatic nitrogens is 1. The number of carbonyl (C=O) groups excluding carboxylic acids is 2. The largest absolute Gasteiger partial charge is 0.449 e. The molecule has 0 fully saturated rings. The molecule has 3 heterocycles. The molecule has 198 valence electrons. The van der Waals surface area contributed by atoms with Crippen LogP contribution in [-0.2, 0) is 11.3 Å². The second-order valence-corrected chi connectivity index (χ2v) is 10.6. The average molecular weight is 512 g/mol. The lowest BCUT2D eigenvalue weighted by Crippen LogP contribution is -2.36. The second kappa shape index (κ2) is 11.7. The Bertz CT molecular complexity index is 1390. The minimum absolute atomic E-state index is 0.128. The highest BCUT2D eigenvalue weighted by atomic mass is 16.3. The van der Waals surface area contributed by atoms with E-state index in [4.69, 9.17) is 4.42 Å². The van der Waals surface area contributed by atoms with Gasteiger partial charge < -0.3 is 18.8 Å². The van der Waals surface area contributed by atoms with E-state index in [2.05, 4.69) is 13.8 Å². The zero-order valence-electron chi connectivity index (χ0n) is 22.4. The Morgan fingerprint density at radius 3 is 2.32 bits per heavy atom. The molecule has 0 aliphatic carbocycles. The highest BCUT2D eigenvalue weighted by Gasteiger charge is 2.28. The number of rotatable bonds is 4. The number of para-hydroxylation sites is 2. The molecule has 6 nitrogen and oxygen atoms in total. The second-order valence-electron chi connectivity index (χ2n) is 10.6. The summed E-state index contributed by atoms with van der Waals surface area (Å²) in [5.74, 6) is 0.653. The highest BCUT2D eigenvalue weighted by Crippen LogP contribution is 2.32. The maximum atomic E-state index is 14.2. The summed E-state index contributed by atoms with van der Waals surface area (Å²) in [6.45, 7) is 5.92. The molecule has 2 aromatic heterocycles. The normalized spacial score (nSPS) is 15.2. The molecule has 2 aromatic carbocycles. The van der Waals surface area contributed by atoms with Gasteiger partial charge in [0.2, 0.25) is 11.7 Å². The van der Waals surface area contributed by atoms with E-state index < -0.39 is 0 Å². The lowest BCUT2D eigenvalue weighted by atomic mass is 10.0. The van der Waals surface area contributed by atoms with Crippen molar-refractivity contribution in [2.75, 3.05) is 18.0 Å². The van der Waals surface area contributed by atoms with Crippen molar-refractivity contribution in [1.82, 2.24) is 9.47 Å². The zero-order chi connectivity index (χ0) is 26.5. The van der Waals surface area contributed by atoms with Crippen molar-refractivity contribution in [3.63, 3.8) is 0 Å². The predicted octanol–water partition coefficient (Wildman–Crippen LogP) is 7.21. The summed E-state index contributed by atoms with van der Waals surface area (Å²) >= 11 is 0. The van der Waals surface area contributed by atoms with Crippen LogP contribution >= 0.6 is 0 Å². The molecule has 0 spiro atoms. The lowest BCUT2D eigenvalue weighted by Gasteiger charge is -2.29. The number of amides is 2. The number of hydrogen-bond acceptors (Lipinski definition) is 3. The molecule has 0 bridgehead atoms. The van der Waals surface area contributed by atoms with E-state index in [0.29, 0.717) is 37.4 Å². The Kier molecular flexibility index (Phi) is 7.97. The standard InChI is InChI=1S/C32H37N3O3/c1-24(2)22-29(36)35-21-11-5-3-4-10-20-34(23-25-14-6-8-16-27(25)35)32(37)31-30(33-18-12-13-19-33)26-15-7-9-17-28(26)38-31/h6-9,12-19,24H,3-5,10-11,20-23H2,1-2H3. The van der Waals surface area contributed by atoms with Crippen LogP contribution < -0.4 is 4.90 Å². The van der Waals surface area contributed by atoms with Gasteiger partial charge in [-0.25, -0.2) is 0 Å². The minimum Gasteiger partial charge on any atom is -0.449 e. The van der Waals surface area contributed by atoms with Crippen LogP contribution in [0.2, 0.25) is 0 Å². The first kappa shape index (κ1) is 25.8. The fourth-order valence-electron chi connectivity index (χ4n) is 5.37. The third kappa shape index (κ3) is 5.54. The first-order valence-corrected chi connectivity index (χ1v) is 13.9. The van der Waals surface area contributed by atoms with E-state index in [-0.39, 0.29) is 17.7 Å². The lowest BCUT2D eigenvalue weighted by molar-refractivity contribution is -0.119. The smallest absolute Gasteiger partial charge is 0.292 e. The van der Waals surface area contributed by atoms with Gasteiger partial charge in [0.25, 0.3) is 5.91 Å². The van der Waals surface area contributed by atoms with Gasteiger partial charge in [0.1, 0.15) is 11.3 Å². The summed E-state index contributed by atoms with van der Waals surface area (Å²) in [6.07, 6.45) is 9.53. The van der Waals surface area contributed by atoms with Crippen LogP contribution in [0, 0.1) is 5.92 Å². The van der Waals surface area contributed by atoms with Crippen molar-refractivity contribution in [2.45, 2.75) is 58.9 Å². The number of benzene rings is 2. The van der Waals surface area contributed by atoms with Crippen molar-refractivity contribution >= 4 is 28.5 Å². The van der Waals surface area contributed by atoms with Gasteiger partial charge >= 0.3 is 0 Å². The van der Waals surface area contributed by atoms with E-state index >= 15 is 0 Å². The molecule has 5 rings (SSSR count). The van der Waals surface area contributed by atoms with Crippen LogP contribution in [0.3, 0.4) is 0 Å². The Labute approximate surface area is 224 Å². The van der Waals surface area contributed by atoms with Gasteiger partial charge in [-0.2, -0.15) is 0 Å². The third-order valence-corrected chi connectivity index (χ3v) is 7.25. The Morgan fingerprint density at radius 1 is 0.842 bits per heavy atom. The number of fused-ring (bicyclic) bond motifs is 2. The third-order valence-electron chi connectivity index (χ3n) is 7.25. The maximum Gasteiger partial charge on any atom is 0.292 e.